The maximum Gasteiger partial charge on any atom is 0.309 e. The summed E-state index contributed by atoms with van der Waals surface area (Å²) in [4.78, 5) is 20.6. The molecule has 1 aromatic heterocycles. The van der Waals surface area contributed by atoms with Crippen molar-refractivity contribution in [2.45, 2.75) is 13.3 Å². The minimum atomic E-state index is -0.249. The second-order valence-corrected chi connectivity index (χ2v) is 5.20. The van der Waals surface area contributed by atoms with Crippen LogP contribution >= 0.6 is 0 Å². The average molecular weight is 292 g/mol. The molecular formula is C18H16N2O2. The van der Waals surface area contributed by atoms with Gasteiger partial charge in [-0.2, -0.15) is 0 Å². The number of carbonyl (C=O) groups excluding carboxylic acids is 1. The average Bonchev–Trinajstić information content (AvgIpc) is 2.53. The summed E-state index contributed by atoms with van der Waals surface area (Å²) in [5.74, 6) is -0.249. The van der Waals surface area contributed by atoms with Gasteiger partial charge in [0.05, 0.1) is 36.5 Å². The van der Waals surface area contributed by atoms with Gasteiger partial charge in [0.15, 0.2) is 0 Å². The fourth-order valence-corrected chi connectivity index (χ4v) is 2.45. The molecule has 110 valence electrons. The Balaban J connectivity index is 2.03. The number of rotatable bonds is 3. The number of nitrogens with zero attached hydrogens (tertiary/aromatic N) is 2. The SMILES string of the molecule is COC(=O)Cc1cc(C)cc(-c2cnc3ccccc3n2)c1. The van der Waals surface area contributed by atoms with Crippen molar-refractivity contribution >= 4 is 17.0 Å². The number of benzene rings is 2. The first-order chi connectivity index (χ1) is 10.7. The van der Waals surface area contributed by atoms with Crippen LogP contribution in [0.4, 0.5) is 0 Å². The molecule has 0 saturated heterocycles. The first-order valence-electron chi connectivity index (χ1n) is 7.05. The molecule has 0 aliphatic carbocycles. The van der Waals surface area contributed by atoms with E-state index in [1.165, 1.54) is 7.11 Å². The van der Waals surface area contributed by atoms with Crippen molar-refractivity contribution in [1.82, 2.24) is 9.97 Å². The van der Waals surface area contributed by atoms with E-state index < -0.39 is 0 Å². The van der Waals surface area contributed by atoms with Gasteiger partial charge in [0.1, 0.15) is 0 Å². The van der Waals surface area contributed by atoms with Crippen LogP contribution in [0, 0.1) is 6.92 Å². The summed E-state index contributed by atoms with van der Waals surface area (Å²) in [6.45, 7) is 2.00. The summed E-state index contributed by atoms with van der Waals surface area (Å²) in [5.41, 5.74) is 5.47. The summed E-state index contributed by atoms with van der Waals surface area (Å²) in [7, 11) is 1.40. The van der Waals surface area contributed by atoms with Crippen LogP contribution in [0.5, 0.6) is 0 Å². The zero-order chi connectivity index (χ0) is 15.5. The molecule has 0 fully saturated rings. The lowest BCUT2D eigenvalue weighted by molar-refractivity contribution is -0.139. The quantitative estimate of drug-likeness (QED) is 0.695. The van der Waals surface area contributed by atoms with Crippen molar-refractivity contribution in [3.63, 3.8) is 0 Å². The van der Waals surface area contributed by atoms with Crippen LogP contribution in [0.3, 0.4) is 0 Å². The minimum Gasteiger partial charge on any atom is -0.469 e. The molecule has 0 aliphatic rings. The van der Waals surface area contributed by atoms with E-state index in [2.05, 4.69) is 9.97 Å². The van der Waals surface area contributed by atoms with Gasteiger partial charge in [0, 0.05) is 5.56 Å². The monoisotopic (exact) mass is 292 g/mol. The lowest BCUT2D eigenvalue weighted by Gasteiger charge is -2.07. The van der Waals surface area contributed by atoms with Crippen molar-refractivity contribution < 1.29 is 9.53 Å². The number of esters is 1. The Morgan fingerprint density at radius 2 is 1.91 bits per heavy atom. The van der Waals surface area contributed by atoms with Crippen LogP contribution in [0.1, 0.15) is 11.1 Å². The van der Waals surface area contributed by atoms with Gasteiger partial charge in [-0.1, -0.05) is 23.8 Å². The molecule has 0 N–H and O–H groups in total. The van der Waals surface area contributed by atoms with Gasteiger partial charge >= 0.3 is 5.97 Å². The number of para-hydroxylation sites is 2. The topological polar surface area (TPSA) is 52.1 Å². The standard InChI is InChI=1S/C18H16N2O2/c1-12-7-13(10-18(21)22-2)9-14(8-12)17-11-19-15-5-3-4-6-16(15)20-17/h3-9,11H,10H2,1-2H3. The summed E-state index contributed by atoms with van der Waals surface area (Å²) in [5, 5.41) is 0. The third-order valence-electron chi connectivity index (χ3n) is 3.46. The van der Waals surface area contributed by atoms with Gasteiger partial charge in [-0.25, -0.2) is 4.98 Å². The van der Waals surface area contributed by atoms with Gasteiger partial charge in [0.25, 0.3) is 0 Å². The summed E-state index contributed by atoms with van der Waals surface area (Å²) in [6, 6.07) is 13.7. The molecule has 4 nitrogen and oxygen atoms in total. The molecular weight excluding hydrogens is 276 g/mol. The molecule has 2 aromatic carbocycles. The van der Waals surface area contributed by atoms with Gasteiger partial charge < -0.3 is 4.74 Å². The van der Waals surface area contributed by atoms with Crippen LogP contribution in [0.15, 0.2) is 48.7 Å². The Hall–Kier alpha value is -2.75. The van der Waals surface area contributed by atoms with E-state index in [1.54, 1.807) is 6.20 Å². The van der Waals surface area contributed by atoms with Crippen molar-refractivity contribution in [3.8, 4) is 11.3 Å². The highest BCUT2D eigenvalue weighted by Crippen LogP contribution is 2.22. The normalized spacial score (nSPS) is 10.6. The van der Waals surface area contributed by atoms with Gasteiger partial charge in [-0.15, -0.1) is 0 Å². The van der Waals surface area contributed by atoms with E-state index >= 15 is 0 Å². The molecule has 0 spiro atoms. The predicted molar refractivity (Wildman–Crippen MR) is 85.4 cm³/mol. The van der Waals surface area contributed by atoms with Gasteiger partial charge in [0.2, 0.25) is 0 Å². The second-order valence-electron chi connectivity index (χ2n) is 5.20. The minimum absolute atomic E-state index is 0.249. The Morgan fingerprint density at radius 3 is 2.68 bits per heavy atom. The lowest BCUT2D eigenvalue weighted by Crippen LogP contribution is -2.04. The Bertz CT molecular complexity index is 843. The van der Waals surface area contributed by atoms with E-state index in [0.717, 1.165) is 33.4 Å². The third-order valence-corrected chi connectivity index (χ3v) is 3.46. The van der Waals surface area contributed by atoms with E-state index in [-0.39, 0.29) is 12.4 Å². The van der Waals surface area contributed by atoms with Crippen molar-refractivity contribution in [1.29, 1.82) is 0 Å². The number of hydrogen-bond acceptors (Lipinski definition) is 4. The Labute approximate surface area is 128 Å². The molecule has 22 heavy (non-hydrogen) atoms. The fourth-order valence-electron chi connectivity index (χ4n) is 2.45. The Kier molecular flexibility index (Phi) is 3.83. The number of fused-ring (bicyclic) bond motifs is 1. The molecule has 0 bridgehead atoms. The number of hydrogen-bond donors (Lipinski definition) is 0. The lowest BCUT2D eigenvalue weighted by atomic mass is 10.0. The maximum absolute atomic E-state index is 11.5. The summed E-state index contributed by atoms with van der Waals surface area (Å²) < 4.78 is 4.73. The highest BCUT2D eigenvalue weighted by Gasteiger charge is 2.08. The van der Waals surface area contributed by atoms with Gasteiger partial charge in [-0.3, -0.25) is 9.78 Å². The van der Waals surface area contributed by atoms with Crippen LogP contribution in [0.2, 0.25) is 0 Å². The first-order valence-corrected chi connectivity index (χ1v) is 7.05. The van der Waals surface area contributed by atoms with E-state index in [4.69, 9.17) is 4.74 Å². The molecule has 4 heteroatoms. The molecule has 0 amide bonds. The third kappa shape index (κ3) is 2.96. The zero-order valence-corrected chi connectivity index (χ0v) is 12.5. The smallest absolute Gasteiger partial charge is 0.309 e. The number of ether oxygens (including phenoxy) is 1. The molecule has 1 heterocycles. The summed E-state index contributed by atoms with van der Waals surface area (Å²) in [6.07, 6.45) is 2.02. The van der Waals surface area contributed by atoms with E-state index in [0.29, 0.717) is 0 Å². The highest BCUT2D eigenvalue weighted by molar-refractivity contribution is 5.78. The fraction of sp³-hybridized carbons (Fsp3) is 0.167. The molecule has 0 atom stereocenters. The van der Waals surface area contributed by atoms with E-state index in [9.17, 15) is 4.79 Å². The maximum atomic E-state index is 11.5. The number of carbonyl (C=O) groups is 1. The predicted octanol–water partition coefficient (Wildman–Crippen LogP) is 3.32. The van der Waals surface area contributed by atoms with Crippen LogP contribution in [-0.2, 0) is 16.0 Å². The molecule has 3 aromatic rings. The second kappa shape index (κ2) is 5.93. The first kappa shape index (κ1) is 14.2. The Morgan fingerprint density at radius 1 is 1.14 bits per heavy atom. The van der Waals surface area contributed by atoms with Crippen LogP contribution < -0.4 is 0 Å². The number of methoxy groups -OCH3 is 1. The van der Waals surface area contributed by atoms with Crippen molar-refractivity contribution in [2.24, 2.45) is 0 Å². The molecule has 0 saturated carbocycles. The number of aromatic nitrogens is 2. The van der Waals surface area contributed by atoms with Crippen molar-refractivity contribution in [3.05, 3.63) is 59.8 Å². The van der Waals surface area contributed by atoms with Gasteiger partial charge in [-0.05, 0) is 36.8 Å². The largest absolute Gasteiger partial charge is 0.469 e. The van der Waals surface area contributed by atoms with E-state index in [1.807, 2.05) is 49.4 Å². The van der Waals surface area contributed by atoms with Crippen LogP contribution in [-0.4, -0.2) is 23.0 Å². The van der Waals surface area contributed by atoms with Crippen LogP contribution in [0.25, 0.3) is 22.3 Å². The molecule has 0 radical (unpaired) electrons. The highest BCUT2D eigenvalue weighted by atomic mass is 16.5. The van der Waals surface area contributed by atoms with Crippen molar-refractivity contribution in [2.75, 3.05) is 7.11 Å². The zero-order valence-electron chi connectivity index (χ0n) is 12.5. The molecule has 0 aliphatic heterocycles. The number of aryl methyl sites for hydroxylation is 1. The molecule has 0 unspecified atom stereocenters. The molecule has 3 rings (SSSR count). The summed E-state index contributed by atoms with van der Waals surface area (Å²) >= 11 is 0.